The Morgan fingerprint density at radius 1 is 1.31 bits per heavy atom. The summed E-state index contributed by atoms with van der Waals surface area (Å²) >= 11 is 7.49. The summed E-state index contributed by atoms with van der Waals surface area (Å²) in [6, 6.07) is 5.56. The molecule has 170 valence electrons. The number of carbonyl (C=O) groups is 1. The molecule has 5 rings (SSSR count). The predicted octanol–water partition coefficient (Wildman–Crippen LogP) is 4.03. The highest BCUT2D eigenvalue weighted by Gasteiger charge is 2.36. The van der Waals surface area contributed by atoms with Gasteiger partial charge in [0, 0.05) is 42.2 Å². The molecule has 0 spiro atoms. The first kappa shape index (κ1) is 21.6. The monoisotopic (exact) mass is 471 g/mol. The van der Waals surface area contributed by atoms with Gasteiger partial charge in [-0.3, -0.25) is 4.79 Å². The van der Waals surface area contributed by atoms with Crippen molar-refractivity contribution >= 4 is 39.6 Å². The van der Waals surface area contributed by atoms with E-state index in [2.05, 4.69) is 23.2 Å². The highest BCUT2D eigenvalue weighted by atomic mass is 32.1. The van der Waals surface area contributed by atoms with Gasteiger partial charge < -0.3 is 19.5 Å². The zero-order valence-electron chi connectivity index (χ0n) is 18.6. The maximum Gasteiger partial charge on any atom is 0.341 e. The van der Waals surface area contributed by atoms with Crippen molar-refractivity contribution < 1.29 is 9.53 Å². The number of piperidine rings is 1. The molecule has 2 aromatic rings. The lowest BCUT2D eigenvalue weighted by Crippen LogP contribution is -2.50. The summed E-state index contributed by atoms with van der Waals surface area (Å²) in [4.78, 5) is 28.6. The van der Waals surface area contributed by atoms with Crippen molar-refractivity contribution in [1.82, 2.24) is 9.47 Å². The zero-order chi connectivity index (χ0) is 22.4. The molecule has 4 heterocycles. The van der Waals surface area contributed by atoms with E-state index < -0.39 is 0 Å². The third-order valence-electron chi connectivity index (χ3n) is 6.98. The van der Waals surface area contributed by atoms with Gasteiger partial charge in [0.2, 0.25) is 0 Å². The SMILES string of the molecule is CCOC(=O)c1c(NC(=S)N2C[C@@H]3C[C@@H](C2)c2cccc(=O)n2C3)sc2c1CC[C@H](C)C2. The Hall–Kier alpha value is -2.19. The molecular formula is C24H29N3O3S2. The number of nitrogens with one attached hydrogen (secondary N) is 1. The Morgan fingerprint density at radius 3 is 2.97 bits per heavy atom. The van der Waals surface area contributed by atoms with Crippen molar-refractivity contribution in [2.24, 2.45) is 11.8 Å². The Kier molecular flexibility index (Phi) is 5.84. The van der Waals surface area contributed by atoms with E-state index in [1.165, 1.54) is 4.88 Å². The van der Waals surface area contributed by atoms with Gasteiger partial charge in [0.1, 0.15) is 5.00 Å². The number of thiocarbonyl (C=S) groups is 1. The van der Waals surface area contributed by atoms with Crippen LogP contribution in [0.3, 0.4) is 0 Å². The van der Waals surface area contributed by atoms with Gasteiger partial charge in [-0.25, -0.2) is 4.79 Å². The maximum absolute atomic E-state index is 12.8. The number of ether oxygens (including phenoxy) is 1. The van der Waals surface area contributed by atoms with E-state index in [1.54, 1.807) is 17.4 Å². The molecule has 3 atom stereocenters. The molecule has 0 radical (unpaired) electrons. The zero-order valence-corrected chi connectivity index (χ0v) is 20.2. The number of rotatable bonds is 3. The van der Waals surface area contributed by atoms with Gasteiger partial charge in [-0.1, -0.05) is 13.0 Å². The molecule has 1 fully saturated rings. The van der Waals surface area contributed by atoms with Crippen molar-refractivity contribution in [2.75, 3.05) is 25.0 Å². The Labute approximate surface area is 197 Å². The van der Waals surface area contributed by atoms with Crippen LogP contribution in [0.2, 0.25) is 0 Å². The third kappa shape index (κ3) is 3.88. The van der Waals surface area contributed by atoms with E-state index in [0.717, 1.165) is 61.6 Å². The van der Waals surface area contributed by atoms with Gasteiger partial charge in [-0.15, -0.1) is 11.3 Å². The summed E-state index contributed by atoms with van der Waals surface area (Å²) in [6.45, 7) is 6.80. The summed E-state index contributed by atoms with van der Waals surface area (Å²) in [5, 5.41) is 4.90. The molecule has 0 amide bonds. The number of fused-ring (bicyclic) bond motifs is 5. The van der Waals surface area contributed by atoms with Gasteiger partial charge >= 0.3 is 5.97 Å². The summed E-state index contributed by atoms with van der Waals surface area (Å²) in [5.74, 6) is 1.05. The van der Waals surface area contributed by atoms with Crippen molar-refractivity contribution in [1.29, 1.82) is 0 Å². The molecule has 0 unspecified atom stereocenters. The quantitative estimate of drug-likeness (QED) is 0.539. The number of pyridine rings is 1. The lowest BCUT2D eigenvalue weighted by Gasteiger charge is -2.43. The van der Waals surface area contributed by atoms with Crippen LogP contribution in [-0.2, 0) is 24.1 Å². The minimum Gasteiger partial charge on any atom is -0.462 e. The number of likely N-dealkylation sites (tertiary alicyclic amines) is 1. The largest absolute Gasteiger partial charge is 0.462 e. The fourth-order valence-electron chi connectivity index (χ4n) is 5.50. The first-order valence-corrected chi connectivity index (χ1v) is 12.7. The van der Waals surface area contributed by atoms with Crippen LogP contribution in [0.15, 0.2) is 23.0 Å². The van der Waals surface area contributed by atoms with Crippen molar-refractivity contribution in [3.8, 4) is 0 Å². The second-order valence-electron chi connectivity index (χ2n) is 9.31. The number of thiophene rings is 1. The average Bonchev–Trinajstić information content (AvgIpc) is 3.11. The summed E-state index contributed by atoms with van der Waals surface area (Å²) in [5.41, 5.74) is 3.01. The molecule has 6 nitrogen and oxygen atoms in total. The molecule has 1 saturated heterocycles. The topological polar surface area (TPSA) is 63.6 Å². The fourth-order valence-corrected chi connectivity index (χ4v) is 7.21. The van der Waals surface area contributed by atoms with Gasteiger partial charge in [-0.2, -0.15) is 0 Å². The summed E-state index contributed by atoms with van der Waals surface area (Å²) in [7, 11) is 0. The Bertz CT molecular complexity index is 1120. The van der Waals surface area contributed by atoms with Gasteiger partial charge in [0.15, 0.2) is 5.11 Å². The van der Waals surface area contributed by atoms with E-state index in [9.17, 15) is 9.59 Å². The standard InChI is InChI=1S/C24H29N3O3S2/c1-3-30-23(29)21-17-8-7-14(2)9-19(17)32-22(21)25-24(31)26-11-15-10-16(13-26)18-5-4-6-20(28)27(18)12-15/h4-6,14-16H,3,7-13H2,1-2H3,(H,25,31)/t14-,15-,16-/m0/s1. The molecule has 0 saturated carbocycles. The number of esters is 1. The summed E-state index contributed by atoms with van der Waals surface area (Å²) < 4.78 is 7.33. The Balaban J connectivity index is 1.39. The van der Waals surface area contributed by atoms with Crippen LogP contribution in [0.4, 0.5) is 5.00 Å². The molecule has 1 aliphatic carbocycles. The lowest BCUT2D eigenvalue weighted by molar-refractivity contribution is 0.0526. The number of hydrogen-bond acceptors (Lipinski definition) is 5. The minimum absolute atomic E-state index is 0.0869. The number of carbonyl (C=O) groups excluding carboxylic acids is 1. The predicted molar refractivity (Wildman–Crippen MR) is 131 cm³/mol. The fraction of sp³-hybridized carbons (Fsp3) is 0.542. The average molecular weight is 472 g/mol. The number of nitrogens with zero attached hydrogens (tertiary/aromatic N) is 2. The van der Waals surface area contributed by atoms with Crippen molar-refractivity contribution in [3.05, 3.63) is 50.3 Å². The van der Waals surface area contributed by atoms with Crippen LogP contribution >= 0.6 is 23.6 Å². The smallest absolute Gasteiger partial charge is 0.341 e. The van der Waals surface area contributed by atoms with Gasteiger partial charge in [0.05, 0.1) is 12.2 Å². The second kappa shape index (κ2) is 8.63. The molecular weight excluding hydrogens is 442 g/mol. The lowest BCUT2D eigenvalue weighted by atomic mass is 9.83. The molecule has 32 heavy (non-hydrogen) atoms. The van der Waals surface area contributed by atoms with Crippen molar-refractivity contribution in [2.45, 2.75) is 52.0 Å². The van der Waals surface area contributed by atoms with E-state index in [4.69, 9.17) is 17.0 Å². The first-order valence-electron chi connectivity index (χ1n) is 11.5. The van der Waals surface area contributed by atoms with Gasteiger partial charge in [0.25, 0.3) is 5.56 Å². The number of hydrogen-bond donors (Lipinski definition) is 1. The molecule has 2 bridgehead atoms. The van der Waals surface area contributed by atoms with Crippen molar-refractivity contribution in [3.63, 3.8) is 0 Å². The second-order valence-corrected chi connectivity index (χ2v) is 10.8. The number of aromatic nitrogens is 1. The van der Waals surface area contributed by atoms with Crippen LogP contribution in [-0.4, -0.2) is 40.2 Å². The molecule has 1 N–H and O–H groups in total. The maximum atomic E-state index is 12.8. The third-order valence-corrected chi connectivity index (χ3v) is 8.51. The highest BCUT2D eigenvalue weighted by Crippen LogP contribution is 2.41. The molecule has 2 aliphatic heterocycles. The van der Waals surface area contributed by atoms with Crippen LogP contribution in [0.1, 0.15) is 59.1 Å². The minimum atomic E-state index is -0.256. The van der Waals surface area contributed by atoms with Gasteiger partial charge in [-0.05, 0) is 68.3 Å². The van der Waals surface area contributed by atoms with E-state index in [-0.39, 0.29) is 17.4 Å². The van der Waals surface area contributed by atoms with E-state index in [0.29, 0.717) is 29.1 Å². The summed E-state index contributed by atoms with van der Waals surface area (Å²) in [6.07, 6.45) is 4.09. The molecule has 3 aliphatic rings. The highest BCUT2D eigenvalue weighted by molar-refractivity contribution is 7.80. The molecule has 0 aromatic carbocycles. The van der Waals surface area contributed by atoms with Crippen LogP contribution in [0.5, 0.6) is 0 Å². The normalized spacial score (nSPS) is 23.8. The van der Waals surface area contributed by atoms with E-state index >= 15 is 0 Å². The number of anilines is 1. The van der Waals surface area contributed by atoms with E-state index in [1.807, 2.05) is 17.6 Å². The van der Waals surface area contributed by atoms with Crippen LogP contribution in [0, 0.1) is 11.8 Å². The van der Waals surface area contributed by atoms with Crippen LogP contribution in [0.25, 0.3) is 0 Å². The Morgan fingerprint density at radius 2 is 2.16 bits per heavy atom. The molecule has 8 heteroatoms. The first-order chi connectivity index (χ1) is 15.4. The van der Waals surface area contributed by atoms with Crippen LogP contribution < -0.4 is 10.9 Å². The molecule has 2 aromatic heterocycles.